The van der Waals surface area contributed by atoms with E-state index >= 15 is 4.39 Å². The minimum absolute atomic E-state index is 0.0345. The van der Waals surface area contributed by atoms with Crippen molar-refractivity contribution in [3.05, 3.63) is 81.8 Å². The zero-order valence-corrected chi connectivity index (χ0v) is 28.6. The number of carbonyl (C=O) groups excluding carboxylic acids is 1. The molecule has 2 aromatic heterocycles. The fraction of sp³-hybridized carbons (Fsp3) is 0.306. The van der Waals surface area contributed by atoms with Crippen LogP contribution in [0.15, 0.2) is 65.9 Å². The molecular weight excluding hydrogens is 668 g/mol. The molecule has 9 nitrogen and oxygen atoms in total. The van der Waals surface area contributed by atoms with Gasteiger partial charge < -0.3 is 19.4 Å². The lowest BCUT2D eigenvalue weighted by molar-refractivity contribution is -0.131. The molecule has 0 spiro atoms. The number of hydrogen-bond acceptors (Lipinski definition) is 9. The number of thiazole rings is 1. The molecule has 1 unspecified atom stereocenters. The van der Waals surface area contributed by atoms with Gasteiger partial charge in [-0.3, -0.25) is 4.79 Å². The number of anilines is 1. The molecule has 3 aromatic carbocycles. The van der Waals surface area contributed by atoms with E-state index in [1.165, 1.54) is 55.5 Å². The lowest BCUT2D eigenvalue weighted by Crippen LogP contribution is -2.55. The predicted octanol–water partition coefficient (Wildman–Crippen LogP) is 7.36. The van der Waals surface area contributed by atoms with Crippen LogP contribution in [0.4, 0.5) is 14.6 Å². The van der Waals surface area contributed by atoms with Crippen molar-refractivity contribution in [2.45, 2.75) is 25.3 Å². The van der Waals surface area contributed by atoms with Gasteiger partial charge in [-0.15, -0.1) is 11.3 Å². The largest absolute Gasteiger partial charge is 0.467 e. The van der Waals surface area contributed by atoms with Crippen LogP contribution in [0.5, 0.6) is 6.01 Å². The Morgan fingerprint density at radius 2 is 1.88 bits per heavy atom. The number of nitriles is 1. The number of amides is 1. The number of fused-ring (bicyclic) bond motifs is 2. The molecule has 2 saturated heterocycles. The van der Waals surface area contributed by atoms with Crippen molar-refractivity contribution in [2.24, 2.45) is 0 Å². The van der Waals surface area contributed by atoms with E-state index in [1.807, 2.05) is 35.2 Å². The highest BCUT2D eigenvalue weighted by atomic mass is 35.5. The fourth-order valence-electron chi connectivity index (χ4n) is 6.27. The maximum absolute atomic E-state index is 16.3. The first-order valence-corrected chi connectivity index (χ1v) is 17.1. The second-order valence-electron chi connectivity index (χ2n) is 11.8. The Balaban J connectivity index is 0.000000628. The normalized spacial score (nSPS) is 16.8. The Bertz CT molecular complexity index is 2040. The summed E-state index contributed by atoms with van der Waals surface area (Å²) < 4.78 is 36.6. The van der Waals surface area contributed by atoms with E-state index in [-0.39, 0.29) is 37.6 Å². The third-order valence-electron chi connectivity index (χ3n) is 8.70. The summed E-state index contributed by atoms with van der Waals surface area (Å²) >= 11 is 7.74. The molecule has 1 atom stereocenters. The van der Waals surface area contributed by atoms with Crippen molar-refractivity contribution >= 4 is 62.4 Å². The first kappa shape index (κ1) is 34.2. The van der Waals surface area contributed by atoms with Crippen molar-refractivity contribution in [3.63, 3.8) is 0 Å². The Kier molecular flexibility index (Phi) is 10.6. The average Bonchev–Trinajstić information content (AvgIpc) is 3.82. The van der Waals surface area contributed by atoms with Gasteiger partial charge in [-0.05, 0) is 56.1 Å². The summed E-state index contributed by atoms with van der Waals surface area (Å²) in [6.45, 7) is 3.18. The maximum Gasteiger partial charge on any atom is 0.318 e. The second-order valence-corrected chi connectivity index (χ2v) is 13.2. The van der Waals surface area contributed by atoms with Gasteiger partial charge in [0, 0.05) is 58.6 Å². The monoisotopic (exact) mass is 701 g/mol. The second kappa shape index (κ2) is 15.2. The first-order valence-electron chi connectivity index (χ1n) is 15.9. The van der Waals surface area contributed by atoms with Crippen LogP contribution >= 0.6 is 22.9 Å². The van der Waals surface area contributed by atoms with Crippen molar-refractivity contribution in [2.75, 3.05) is 51.8 Å². The zero-order chi connectivity index (χ0) is 34.5. The maximum atomic E-state index is 16.3. The van der Waals surface area contributed by atoms with Crippen molar-refractivity contribution in [1.29, 1.82) is 5.26 Å². The van der Waals surface area contributed by atoms with Gasteiger partial charge in [0.1, 0.15) is 16.3 Å². The van der Waals surface area contributed by atoms with E-state index in [9.17, 15) is 14.4 Å². The first-order chi connectivity index (χ1) is 23.8. The number of ether oxygens (including phenoxy) is 1. The SMILES string of the molecule is CN1CCCC1.COc1nc(N2CCN(C(=O)/C(F)=C/c3nccs3)C(CC#N)C2)c2ccc(-c3cccc4cccc(Cl)c34)c(F)c2n1. The van der Waals surface area contributed by atoms with Crippen LogP contribution < -0.4 is 9.64 Å². The fourth-order valence-corrected chi connectivity index (χ4v) is 7.11. The summed E-state index contributed by atoms with van der Waals surface area (Å²) in [5.41, 5.74) is 0.991. The smallest absolute Gasteiger partial charge is 0.318 e. The highest BCUT2D eigenvalue weighted by Crippen LogP contribution is 2.39. The Morgan fingerprint density at radius 3 is 2.55 bits per heavy atom. The van der Waals surface area contributed by atoms with Crippen molar-refractivity contribution < 1.29 is 18.3 Å². The highest BCUT2D eigenvalue weighted by Gasteiger charge is 2.34. The molecule has 0 radical (unpaired) electrons. The lowest BCUT2D eigenvalue weighted by Gasteiger charge is -2.41. The van der Waals surface area contributed by atoms with Crippen LogP contribution in [0.3, 0.4) is 0 Å². The van der Waals surface area contributed by atoms with E-state index < -0.39 is 23.6 Å². The van der Waals surface area contributed by atoms with E-state index in [0.29, 0.717) is 32.4 Å². The number of rotatable bonds is 6. The molecule has 2 aliphatic heterocycles. The number of likely N-dealkylation sites (tertiary alicyclic amines) is 1. The Labute approximate surface area is 292 Å². The minimum Gasteiger partial charge on any atom is -0.467 e. The number of nitrogens with zero attached hydrogens (tertiary/aromatic N) is 7. The standard InChI is InChI=1S/C31H23ClF2N6O2S.C5H11N/c1-42-31-37-28-22(9-8-21(27(28)34)20-6-2-4-18-5-3-7-23(32)26(18)20)29(38-31)39-13-14-40(19(17-39)10-11-35)30(41)24(33)16-25-36-12-15-43-25;1-6-4-2-3-5-6/h2-9,12,15-16,19H,10,13-14,17H2,1H3;2-5H2,1H3/b24-16-;. The number of carbonyl (C=O) groups is 1. The molecule has 0 aliphatic carbocycles. The minimum atomic E-state index is -0.955. The van der Waals surface area contributed by atoms with Crippen LogP contribution in [0.2, 0.25) is 5.02 Å². The van der Waals surface area contributed by atoms with Gasteiger partial charge in [-0.25, -0.2) is 13.8 Å². The van der Waals surface area contributed by atoms with E-state index in [1.54, 1.807) is 23.6 Å². The molecule has 5 aromatic rings. The lowest BCUT2D eigenvalue weighted by atomic mass is 9.96. The van der Waals surface area contributed by atoms with E-state index in [4.69, 9.17) is 16.3 Å². The van der Waals surface area contributed by atoms with Gasteiger partial charge >= 0.3 is 6.01 Å². The molecule has 2 aliphatic rings. The molecule has 1 amide bonds. The van der Waals surface area contributed by atoms with Gasteiger partial charge in [-0.2, -0.15) is 15.2 Å². The molecule has 49 heavy (non-hydrogen) atoms. The van der Waals surface area contributed by atoms with Gasteiger partial charge in [0.05, 0.1) is 25.6 Å². The van der Waals surface area contributed by atoms with Gasteiger partial charge in [-0.1, -0.05) is 48.0 Å². The van der Waals surface area contributed by atoms with E-state index in [0.717, 1.165) is 16.8 Å². The van der Waals surface area contributed by atoms with Gasteiger partial charge in [0.25, 0.3) is 5.91 Å². The van der Waals surface area contributed by atoms with Gasteiger partial charge in [0.15, 0.2) is 11.6 Å². The number of piperazine rings is 1. The molecule has 4 heterocycles. The van der Waals surface area contributed by atoms with Crippen LogP contribution in [-0.2, 0) is 4.79 Å². The number of halogens is 3. The van der Waals surface area contributed by atoms with Gasteiger partial charge in [0.2, 0.25) is 0 Å². The topological polar surface area (TPSA) is 98.5 Å². The van der Waals surface area contributed by atoms with Crippen molar-refractivity contribution in [1.82, 2.24) is 24.8 Å². The third-order valence-corrected chi connectivity index (χ3v) is 9.74. The quantitative estimate of drug-likeness (QED) is 0.170. The molecular formula is C36H34ClF2N7O2S. The predicted molar refractivity (Wildman–Crippen MR) is 190 cm³/mol. The van der Waals surface area contributed by atoms with E-state index in [2.05, 4.69) is 33.0 Å². The summed E-state index contributed by atoms with van der Waals surface area (Å²) in [5.74, 6) is -1.95. The number of methoxy groups -OCH3 is 1. The Morgan fingerprint density at radius 1 is 1.10 bits per heavy atom. The number of hydrogen-bond donors (Lipinski definition) is 0. The molecule has 0 N–H and O–H groups in total. The molecule has 0 bridgehead atoms. The third kappa shape index (κ3) is 7.34. The molecule has 2 fully saturated rings. The van der Waals surface area contributed by atoms with Crippen LogP contribution in [0, 0.1) is 17.1 Å². The summed E-state index contributed by atoms with van der Waals surface area (Å²) in [4.78, 5) is 31.4. The summed E-state index contributed by atoms with van der Waals surface area (Å²) in [7, 11) is 3.57. The Hall–Kier alpha value is -4.70. The molecule has 13 heteroatoms. The molecule has 0 saturated carbocycles. The molecule has 252 valence electrons. The number of benzene rings is 3. The number of aromatic nitrogens is 3. The molecule has 7 rings (SSSR count). The summed E-state index contributed by atoms with van der Waals surface area (Å²) in [5, 5.41) is 14.1. The summed E-state index contributed by atoms with van der Waals surface area (Å²) in [6, 6.07) is 15.9. The van der Waals surface area contributed by atoms with Crippen LogP contribution in [-0.4, -0.2) is 83.6 Å². The van der Waals surface area contributed by atoms with Crippen molar-refractivity contribution in [3.8, 4) is 23.2 Å². The average molecular weight is 702 g/mol. The van der Waals surface area contributed by atoms with Crippen LogP contribution in [0.25, 0.3) is 38.9 Å². The zero-order valence-electron chi connectivity index (χ0n) is 27.1. The highest BCUT2D eigenvalue weighted by molar-refractivity contribution is 7.10. The summed E-state index contributed by atoms with van der Waals surface area (Å²) in [6.07, 6.45) is 5.41. The van der Waals surface area contributed by atoms with Crippen LogP contribution in [0.1, 0.15) is 24.3 Å².